The summed E-state index contributed by atoms with van der Waals surface area (Å²) < 4.78 is 0. The normalized spacial score (nSPS) is 14.1. The van der Waals surface area contributed by atoms with Crippen LogP contribution in [0.25, 0.3) is 0 Å². The first kappa shape index (κ1) is 11.2. The van der Waals surface area contributed by atoms with E-state index in [4.69, 9.17) is 0 Å². The second kappa shape index (κ2) is 4.74. The Hall–Kier alpha value is -1.94. The first-order valence-electron chi connectivity index (χ1n) is 6.20. The maximum atomic E-state index is 4.25. The van der Waals surface area contributed by atoms with Crippen molar-refractivity contribution in [1.82, 2.24) is 15.3 Å². The summed E-state index contributed by atoms with van der Waals surface area (Å²) in [5.41, 5.74) is 4.90. The van der Waals surface area contributed by atoms with Crippen molar-refractivity contribution >= 4 is 11.5 Å². The average Bonchev–Trinajstić information content (AvgIpc) is 2.39. The molecule has 2 heterocycles. The minimum Gasteiger partial charge on any atom is -0.340 e. The largest absolute Gasteiger partial charge is 0.340 e. The highest BCUT2D eigenvalue weighted by atomic mass is 15.0. The fraction of sp³-hybridized carbons (Fsp3) is 0.286. The molecule has 0 saturated heterocycles. The van der Waals surface area contributed by atoms with E-state index < -0.39 is 0 Å². The number of hydrogen-bond acceptors (Lipinski definition) is 4. The van der Waals surface area contributed by atoms with Gasteiger partial charge in [0.25, 0.3) is 0 Å². The number of fused-ring (bicyclic) bond motifs is 1. The third-order valence-corrected chi connectivity index (χ3v) is 3.21. The van der Waals surface area contributed by atoms with E-state index in [1.165, 1.54) is 11.1 Å². The van der Waals surface area contributed by atoms with Gasteiger partial charge in [-0.2, -0.15) is 0 Å². The summed E-state index contributed by atoms with van der Waals surface area (Å²) in [5, 5.41) is 6.78. The average molecular weight is 240 g/mol. The fourth-order valence-electron chi connectivity index (χ4n) is 2.31. The van der Waals surface area contributed by atoms with Gasteiger partial charge >= 0.3 is 0 Å². The van der Waals surface area contributed by atoms with Gasteiger partial charge in [0.1, 0.15) is 12.1 Å². The third kappa shape index (κ3) is 2.19. The van der Waals surface area contributed by atoms with Gasteiger partial charge in [-0.15, -0.1) is 0 Å². The molecule has 0 bridgehead atoms. The van der Waals surface area contributed by atoms with E-state index >= 15 is 0 Å². The van der Waals surface area contributed by atoms with Crippen LogP contribution in [0.2, 0.25) is 0 Å². The van der Waals surface area contributed by atoms with Gasteiger partial charge in [0.05, 0.1) is 0 Å². The van der Waals surface area contributed by atoms with Crippen LogP contribution < -0.4 is 10.6 Å². The fourth-order valence-corrected chi connectivity index (χ4v) is 2.31. The molecule has 3 rings (SSSR count). The molecule has 4 heteroatoms. The van der Waals surface area contributed by atoms with Crippen LogP contribution in [0.1, 0.15) is 16.8 Å². The second-order valence-electron chi connectivity index (χ2n) is 4.54. The van der Waals surface area contributed by atoms with Crippen molar-refractivity contribution in [3.05, 3.63) is 47.4 Å². The molecule has 1 aromatic heterocycles. The number of nitrogens with zero attached hydrogens (tertiary/aromatic N) is 2. The Morgan fingerprint density at radius 2 is 2.22 bits per heavy atom. The van der Waals surface area contributed by atoms with Crippen molar-refractivity contribution in [2.75, 3.05) is 11.9 Å². The van der Waals surface area contributed by atoms with Gasteiger partial charge in [0, 0.05) is 24.0 Å². The van der Waals surface area contributed by atoms with Crippen LogP contribution in [-0.2, 0) is 13.0 Å². The molecule has 92 valence electrons. The second-order valence-corrected chi connectivity index (χ2v) is 4.54. The number of nitrogens with one attached hydrogen (secondary N) is 2. The van der Waals surface area contributed by atoms with Crippen molar-refractivity contribution < 1.29 is 0 Å². The molecule has 0 amide bonds. The lowest BCUT2D eigenvalue weighted by Crippen LogP contribution is -2.24. The molecule has 1 aliphatic heterocycles. The molecule has 0 unspecified atom stereocenters. The molecule has 1 aliphatic rings. The SMILES string of the molecule is Cc1cc(Nc2cccc3c2CCNC3)ncn1. The summed E-state index contributed by atoms with van der Waals surface area (Å²) in [6.45, 7) is 3.96. The Labute approximate surface area is 106 Å². The molecule has 0 saturated carbocycles. The quantitative estimate of drug-likeness (QED) is 0.844. The summed E-state index contributed by atoms with van der Waals surface area (Å²) in [7, 11) is 0. The van der Waals surface area contributed by atoms with E-state index in [2.05, 4.69) is 38.8 Å². The monoisotopic (exact) mass is 240 g/mol. The Kier molecular flexibility index (Phi) is 2.94. The molecule has 0 atom stereocenters. The third-order valence-electron chi connectivity index (χ3n) is 3.21. The predicted molar refractivity (Wildman–Crippen MR) is 71.9 cm³/mol. The van der Waals surface area contributed by atoms with E-state index in [9.17, 15) is 0 Å². The first-order chi connectivity index (χ1) is 8.83. The van der Waals surface area contributed by atoms with E-state index in [-0.39, 0.29) is 0 Å². The van der Waals surface area contributed by atoms with E-state index in [0.717, 1.165) is 36.7 Å². The van der Waals surface area contributed by atoms with Gasteiger partial charge in [-0.3, -0.25) is 0 Å². The first-order valence-corrected chi connectivity index (χ1v) is 6.20. The van der Waals surface area contributed by atoms with Crippen molar-refractivity contribution in [3.63, 3.8) is 0 Å². The van der Waals surface area contributed by atoms with Crippen molar-refractivity contribution in [1.29, 1.82) is 0 Å². The van der Waals surface area contributed by atoms with Gasteiger partial charge in [-0.1, -0.05) is 12.1 Å². The molecule has 2 aromatic rings. The van der Waals surface area contributed by atoms with Crippen molar-refractivity contribution in [2.45, 2.75) is 19.9 Å². The highest BCUT2D eigenvalue weighted by Crippen LogP contribution is 2.25. The molecule has 0 spiro atoms. The zero-order chi connectivity index (χ0) is 12.4. The van der Waals surface area contributed by atoms with Crippen LogP contribution in [0.4, 0.5) is 11.5 Å². The van der Waals surface area contributed by atoms with Gasteiger partial charge < -0.3 is 10.6 Å². The van der Waals surface area contributed by atoms with Crippen molar-refractivity contribution in [2.24, 2.45) is 0 Å². The van der Waals surface area contributed by atoms with Crippen LogP contribution in [0, 0.1) is 6.92 Å². The lowest BCUT2D eigenvalue weighted by molar-refractivity contribution is 0.645. The zero-order valence-electron chi connectivity index (χ0n) is 10.4. The Balaban J connectivity index is 1.93. The zero-order valence-corrected chi connectivity index (χ0v) is 10.4. The predicted octanol–water partition coefficient (Wildman–Crippen LogP) is 2.17. The van der Waals surface area contributed by atoms with Crippen LogP contribution in [0.15, 0.2) is 30.6 Å². The summed E-state index contributed by atoms with van der Waals surface area (Å²) in [6, 6.07) is 8.34. The minimum atomic E-state index is 0.856. The minimum absolute atomic E-state index is 0.856. The van der Waals surface area contributed by atoms with Crippen molar-refractivity contribution in [3.8, 4) is 0 Å². The number of anilines is 2. The topological polar surface area (TPSA) is 49.8 Å². The Bertz CT molecular complexity index is 565. The molecule has 0 fully saturated rings. The molecule has 0 aliphatic carbocycles. The number of aryl methyl sites for hydroxylation is 1. The lowest BCUT2D eigenvalue weighted by Gasteiger charge is -2.20. The highest BCUT2D eigenvalue weighted by Gasteiger charge is 2.12. The number of aromatic nitrogens is 2. The van der Waals surface area contributed by atoms with E-state index in [1.54, 1.807) is 6.33 Å². The van der Waals surface area contributed by atoms with Gasteiger partial charge in [0.15, 0.2) is 0 Å². The van der Waals surface area contributed by atoms with Gasteiger partial charge in [-0.05, 0) is 37.1 Å². The lowest BCUT2D eigenvalue weighted by atomic mass is 9.99. The Morgan fingerprint density at radius 1 is 1.28 bits per heavy atom. The maximum absolute atomic E-state index is 4.25. The smallest absolute Gasteiger partial charge is 0.133 e. The van der Waals surface area contributed by atoms with E-state index in [1.807, 2.05) is 13.0 Å². The van der Waals surface area contributed by atoms with E-state index in [0.29, 0.717) is 0 Å². The molecule has 2 N–H and O–H groups in total. The number of benzene rings is 1. The summed E-state index contributed by atoms with van der Waals surface area (Å²) in [4.78, 5) is 8.35. The van der Waals surface area contributed by atoms with Gasteiger partial charge in [-0.25, -0.2) is 9.97 Å². The summed E-state index contributed by atoms with van der Waals surface area (Å²) in [5.74, 6) is 0.856. The highest BCUT2D eigenvalue weighted by molar-refractivity contribution is 5.63. The number of hydrogen-bond donors (Lipinski definition) is 2. The Morgan fingerprint density at radius 3 is 3.11 bits per heavy atom. The van der Waals surface area contributed by atoms with Gasteiger partial charge in [0.2, 0.25) is 0 Å². The van der Waals surface area contributed by atoms with Crippen LogP contribution in [-0.4, -0.2) is 16.5 Å². The molecule has 4 nitrogen and oxygen atoms in total. The molecule has 1 aromatic carbocycles. The summed E-state index contributed by atoms with van der Waals surface area (Å²) >= 11 is 0. The molecule has 18 heavy (non-hydrogen) atoms. The van der Waals surface area contributed by atoms with Crippen LogP contribution in [0.3, 0.4) is 0 Å². The molecular formula is C14H16N4. The van der Waals surface area contributed by atoms with Crippen LogP contribution in [0.5, 0.6) is 0 Å². The molecular weight excluding hydrogens is 224 g/mol. The maximum Gasteiger partial charge on any atom is 0.133 e. The number of rotatable bonds is 2. The molecule has 0 radical (unpaired) electrons. The van der Waals surface area contributed by atoms with Crippen LogP contribution >= 0.6 is 0 Å². The summed E-state index contributed by atoms with van der Waals surface area (Å²) in [6.07, 6.45) is 2.65. The standard InChI is InChI=1S/C14H16N4/c1-10-7-14(17-9-16-10)18-13-4-2-3-11-8-15-6-5-12(11)13/h2-4,7,9,15H,5-6,8H2,1H3,(H,16,17,18).